The maximum Gasteiger partial charge on any atom is 0.276 e. The molecule has 2 aliphatic carbocycles. The van der Waals surface area contributed by atoms with Crippen molar-refractivity contribution in [3.63, 3.8) is 0 Å². The third-order valence-electron chi connectivity index (χ3n) is 7.55. The van der Waals surface area contributed by atoms with Crippen molar-refractivity contribution in [2.24, 2.45) is 5.41 Å². The van der Waals surface area contributed by atoms with E-state index in [1.165, 1.54) is 12.1 Å². The van der Waals surface area contributed by atoms with Gasteiger partial charge in [0.15, 0.2) is 5.69 Å². The number of amides is 1. The van der Waals surface area contributed by atoms with E-state index >= 15 is 0 Å². The minimum atomic E-state index is -0.472. The Kier molecular flexibility index (Phi) is 4.09. The normalized spacial score (nSPS) is 22.9. The summed E-state index contributed by atoms with van der Waals surface area (Å²) in [5.41, 5.74) is 3.72. The number of non-ortho nitro benzene ring substituents is 1. The molecule has 7 nitrogen and oxygen atoms in total. The second-order valence-corrected chi connectivity index (χ2v) is 9.26. The average Bonchev–Trinajstić information content (AvgIpc) is 3.31. The van der Waals surface area contributed by atoms with Crippen LogP contribution in [0.3, 0.4) is 0 Å². The first-order valence-corrected chi connectivity index (χ1v) is 10.5. The van der Waals surface area contributed by atoms with Crippen LogP contribution in [0.2, 0.25) is 0 Å². The zero-order chi connectivity index (χ0) is 22.0. The average molecular weight is 416 g/mol. The van der Waals surface area contributed by atoms with Crippen LogP contribution < -0.4 is 5.32 Å². The lowest BCUT2D eigenvalue weighted by Gasteiger charge is -2.35. The van der Waals surface area contributed by atoms with Crippen molar-refractivity contribution >= 4 is 17.3 Å². The molecule has 158 valence electrons. The number of carbonyl (C=O) groups excluding carboxylic acids is 1. The summed E-state index contributed by atoms with van der Waals surface area (Å²) in [6, 6.07) is 15.9. The number of hydrogen-bond acceptors (Lipinski definition) is 4. The SMILES string of the molecule is CC1(C)[C@H]2CC[C@]1(C)c1c2c(C(=O)Nc2cccc([N+](=O)[O-])c2)nn1-c1ccccc1. The molecule has 5 rings (SSSR count). The van der Waals surface area contributed by atoms with Crippen LogP contribution in [-0.2, 0) is 5.41 Å². The van der Waals surface area contributed by atoms with E-state index in [2.05, 4.69) is 26.1 Å². The van der Waals surface area contributed by atoms with Gasteiger partial charge in [-0.15, -0.1) is 0 Å². The zero-order valence-electron chi connectivity index (χ0n) is 17.8. The van der Waals surface area contributed by atoms with Gasteiger partial charge in [-0.3, -0.25) is 14.9 Å². The van der Waals surface area contributed by atoms with Crippen molar-refractivity contribution < 1.29 is 9.72 Å². The van der Waals surface area contributed by atoms with Gasteiger partial charge in [0.05, 0.1) is 16.3 Å². The van der Waals surface area contributed by atoms with Gasteiger partial charge in [0.25, 0.3) is 11.6 Å². The number of nitro benzene ring substituents is 1. The predicted octanol–water partition coefficient (Wildman–Crippen LogP) is 5.21. The van der Waals surface area contributed by atoms with E-state index in [4.69, 9.17) is 5.10 Å². The molecule has 2 bridgehead atoms. The van der Waals surface area contributed by atoms with Crippen LogP contribution in [0, 0.1) is 15.5 Å². The molecular weight excluding hydrogens is 392 g/mol. The Morgan fingerprint density at radius 3 is 2.61 bits per heavy atom. The molecule has 3 aromatic rings. The summed E-state index contributed by atoms with van der Waals surface area (Å²) in [6.07, 6.45) is 2.08. The van der Waals surface area contributed by atoms with Gasteiger partial charge in [-0.2, -0.15) is 5.10 Å². The fourth-order valence-electron chi connectivity index (χ4n) is 5.53. The summed E-state index contributed by atoms with van der Waals surface area (Å²) in [5.74, 6) is -0.0887. The summed E-state index contributed by atoms with van der Waals surface area (Å²) in [6.45, 7) is 6.84. The lowest BCUT2D eigenvalue weighted by atomic mass is 9.70. The summed E-state index contributed by atoms with van der Waals surface area (Å²) in [7, 11) is 0. The first-order valence-electron chi connectivity index (χ1n) is 10.5. The number of hydrogen-bond donors (Lipinski definition) is 1. The molecule has 31 heavy (non-hydrogen) atoms. The van der Waals surface area contributed by atoms with Crippen LogP contribution >= 0.6 is 0 Å². The molecule has 1 fully saturated rings. The second-order valence-electron chi connectivity index (χ2n) is 9.26. The van der Waals surface area contributed by atoms with Gasteiger partial charge in [-0.05, 0) is 42.4 Å². The van der Waals surface area contributed by atoms with E-state index in [1.54, 1.807) is 12.1 Å². The Hall–Kier alpha value is -3.48. The third kappa shape index (κ3) is 2.65. The predicted molar refractivity (Wildman–Crippen MR) is 118 cm³/mol. The fourth-order valence-corrected chi connectivity index (χ4v) is 5.53. The molecule has 0 aliphatic heterocycles. The molecule has 0 unspecified atom stereocenters. The monoisotopic (exact) mass is 416 g/mol. The number of para-hydroxylation sites is 1. The summed E-state index contributed by atoms with van der Waals surface area (Å²) >= 11 is 0. The quantitative estimate of drug-likeness (QED) is 0.467. The molecule has 2 atom stereocenters. The van der Waals surface area contributed by atoms with E-state index < -0.39 is 4.92 Å². The molecule has 1 N–H and O–H groups in total. The van der Waals surface area contributed by atoms with Gasteiger partial charge in [0, 0.05) is 28.8 Å². The number of rotatable bonds is 4. The number of fused-ring (bicyclic) bond motifs is 5. The van der Waals surface area contributed by atoms with Crippen molar-refractivity contribution in [1.82, 2.24) is 9.78 Å². The highest BCUT2D eigenvalue weighted by Gasteiger charge is 2.63. The Morgan fingerprint density at radius 1 is 1.16 bits per heavy atom. The topological polar surface area (TPSA) is 90.1 Å². The molecule has 1 amide bonds. The maximum absolute atomic E-state index is 13.3. The largest absolute Gasteiger partial charge is 0.320 e. The molecule has 0 saturated heterocycles. The fraction of sp³-hybridized carbons (Fsp3) is 0.333. The van der Waals surface area contributed by atoms with Crippen LogP contribution in [0.25, 0.3) is 5.69 Å². The highest BCUT2D eigenvalue weighted by Crippen LogP contribution is 2.68. The molecule has 1 aromatic heterocycles. The highest BCUT2D eigenvalue weighted by atomic mass is 16.6. The molecule has 1 heterocycles. The van der Waals surface area contributed by atoms with Crippen molar-refractivity contribution in [1.29, 1.82) is 0 Å². The summed E-state index contributed by atoms with van der Waals surface area (Å²) < 4.78 is 1.93. The summed E-state index contributed by atoms with van der Waals surface area (Å²) in [4.78, 5) is 24.0. The number of carbonyl (C=O) groups is 1. The smallest absolute Gasteiger partial charge is 0.276 e. The van der Waals surface area contributed by atoms with E-state index in [1.807, 2.05) is 35.0 Å². The molecular formula is C24H24N4O3. The van der Waals surface area contributed by atoms with Gasteiger partial charge in [-0.25, -0.2) is 4.68 Å². The Labute approximate surface area is 180 Å². The van der Waals surface area contributed by atoms with Crippen molar-refractivity contribution in [2.75, 3.05) is 5.32 Å². The van der Waals surface area contributed by atoms with Gasteiger partial charge >= 0.3 is 0 Å². The van der Waals surface area contributed by atoms with Crippen molar-refractivity contribution in [3.8, 4) is 5.69 Å². The minimum absolute atomic E-state index is 0.0116. The number of nitrogens with zero attached hydrogens (tertiary/aromatic N) is 3. The number of anilines is 1. The van der Waals surface area contributed by atoms with Crippen molar-refractivity contribution in [3.05, 3.63) is 81.7 Å². The van der Waals surface area contributed by atoms with Gasteiger partial charge in [0.2, 0.25) is 0 Å². The van der Waals surface area contributed by atoms with Crippen LogP contribution in [0.5, 0.6) is 0 Å². The van der Waals surface area contributed by atoms with Crippen LogP contribution in [0.4, 0.5) is 11.4 Å². The molecule has 2 aliphatic rings. The number of aromatic nitrogens is 2. The minimum Gasteiger partial charge on any atom is -0.320 e. The summed E-state index contributed by atoms with van der Waals surface area (Å²) in [5, 5.41) is 18.7. The number of nitro groups is 1. The lowest BCUT2D eigenvalue weighted by molar-refractivity contribution is -0.384. The molecule has 7 heteroatoms. The Morgan fingerprint density at radius 2 is 1.90 bits per heavy atom. The van der Waals surface area contributed by atoms with Crippen molar-refractivity contribution in [2.45, 2.75) is 44.9 Å². The molecule has 1 saturated carbocycles. The lowest BCUT2D eigenvalue weighted by Crippen LogP contribution is -2.33. The van der Waals surface area contributed by atoms with E-state index in [-0.39, 0.29) is 28.3 Å². The molecule has 0 spiro atoms. The van der Waals surface area contributed by atoms with Crippen LogP contribution in [0.1, 0.15) is 61.3 Å². The standard InChI is InChI=1S/C24H24N4O3/c1-23(2)18-12-13-24(23,3)21-19(18)20(26-27(21)16-9-5-4-6-10-16)22(29)25-15-8-7-11-17(14-15)28(30)31/h4-11,14,18H,12-13H2,1-3H3,(H,25,29)/t18-,24+/m0/s1. The number of benzene rings is 2. The van der Waals surface area contributed by atoms with Gasteiger partial charge in [-0.1, -0.05) is 45.0 Å². The Bertz CT molecular complexity index is 1210. The van der Waals surface area contributed by atoms with Crippen LogP contribution in [-0.4, -0.2) is 20.6 Å². The molecule has 0 radical (unpaired) electrons. The number of nitrogens with one attached hydrogen (secondary N) is 1. The zero-order valence-corrected chi connectivity index (χ0v) is 17.8. The van der Waals surface area contributed by atoms with Crippen LogP contribution in [0.15, 0.2) is 54.6 Å². The third-order valence-corrected chi connectivity index (χ3v) is 7.55. The highest BCUT2D eigenvalue weighted by molar-refractivity contribution is 6.04. The first kappa shape index (κ1) is 19.5. The molecule has 2 aromatic carbocycles. The van der Waals surface area contributed by atoms with E-state index in [0.717, 1.165) is 29.8 Å². The second kappa shape index (κ2) is 6.51. The Balaban J connectivity index is 1.62. The van der Waals surface area contributed by atoms with Gasteiger partial charge in [0.1, 0.15) is 0 Å². The van der Waals surface area contributed by atoms with E-state index in [9.17, 15) is 14.9 Å². The van der Waals surface area contributed by atoms with Gasteiger partial charge < -0.3 is 5.32 Å². The first-order chi connectivity index (χ1) is 14.7. The maximum atomic E-state index is 13.3. The van der Waals surface area contributed by atoms with E-state index in [0.29, 0.717) is 11.4 Å².